The number of rotatable bonds is 12. The van der Waals surface area contributed by atoms with E-state index in [0.717, 1.165) is 57.6 Å². The number of carboxylic acid groups (broad SMARTS) is 2. The number of oxime groups is 1. The number of nitrogens with zero attached hydrogens (tertiary/aromatic N) is 7. The van der Waals surface area contributed by atoms with E-state index in [1.165, 1.54) is 24.1 Å². The van der Waals surface area contributed by atoms with Crippen molar-refractivity contribution in [3.63, 3.8) is 0 Å². The number of halogens is 1. The maximum Gasteiger partial charge on any atom is 0.350 e. The second-order valence-corrected chi connectivity index (χ2v) is 14.8. The molecule has 282 valence electrons. The summed E-state index contributed by atoms with van der Waals surface area (Å²) in [6, 6.07) is -0.511. The van der Waals surface area contributed by atoms with Gasteiger partial charge in [-0.05, 0) is 32.9 Å². The highest BCUT2D eigenvalue weighted by Gasteiger charge is 2.63. The number of urea groups is 1. The van der Waals surface area contributed by atoms with Crippen LogP contribution in [0.3, 0.4) is 0 Å². The van der Waals surface area contributed by atoms with Gasteiger partial charge in [-0.2, -0.15) is 10.2 Å². The Bertz CT molecular complexity index is 1970. The Hall–Kier alpha value is -5.68. The van der Waals surface area contributed by atoms with Crippen LogP contribution in [0.5, 0.6) is 11.5 Å². The van der Waals surface area contributed by atoms with Gasteiger partial charge in [0.15, 0.2) is 27.2 Å². The first kappa shape index (κ1) is 38.5. The third-order valence-corrected chi connectivity index (χ3v) is 11.0. The first-order chi connectivity index (χ1) is 24.9. The fraction of sp³-hybridized carbons (Fsp3) is 0.379. The molecular weight excluding hydrogens is 764 g/mol. The predicted molar refractivity (Wildman–Crippen MR) is 189 cm³/mol. The zero-order valence-corrected chi connectivity index (χ0v) is 30.2. The number of hydrogen-bond acceptors (Lipinski definition) is 16. The maximum atomic E-state index is 13.6. The number of phenolic OH excluding ortho intramolecular Hbond substituents is 2. The molecule has 0 bridgehead atoms. The van der Waals surface area contributed by atoms with Gasteiger partial charge in [0.05, 0.1) is 35.6 Å². The number of nitrogens with two attached hydrogens (primary N) is 1. The summed E-state index contributed by atoms with van der Waals surface area (Å²) in [6.45, 7) is 3.91. The molecule has 8 N–H and O–H groups in total. The van der Waals surface area contributed by atoms with Crippen molar-refractivity contribution in [2.45, 2.75) is 55.1 Å². The summed E-state index contributed by atoms with van der Waals surface area (Å²) in [5.74, 6) is -6.28. The normalized spacial score (nSPS) is 23.3. The average Bonchev–Trinajstić information content (AvgIpc) is 3.66. The van der Waals surface area contributed by atoms with Crippen LogP contribution in [0.25, 0.3) is 0 Å². The number of anilines is 1. The number of carbonyl (C=O) groups excluding carboxylic acids is 4. The molecule has 0 saturated carbocycles. The number of amides is 5. The Morgan fingerprint density at radius 2 is 1.91 bits per heavy atom. The van der Waals surface area contributed by atoms with Crippen molar-refractivity contribution in [3.05, 3.63) is 33.8 Å². The van der Waals surface area contributed by atoms with Gasteiger partial charge in [0, 0.05) is 18.3 Å². The molecule has 24 heteroatoms. The van der Waals surface area contributed by atoms with Crippen molar-refractivity contribution >= 4 is 93.7 Å². The van der Waals surface area contributed by atoms with Gasteiger partial charge in [0.25, 0.3) is 11.8 Å². The van der Waals surface area contributed by atoms with Crippen molar-refractivity contribution < 1.29 is 54.0 Å². The maximum absolute atomic E-state index is 13.6. The van der Waals surface area contributed by atoms with E-state index in [2.05, 4.69) is 31.1 Å². The highest BCUT2D eigenvalue weighted by atomic mass is 35.5. The number of fused-ring (bicyclic) bond motifs is 1. The van der Waals surface area contributed by atoms with Gasteiger partial charge < -0.3 is 41.2 Å². The minimum absolute atomic E-state index is 0.0374. The summed E-state index contributed by atoms with van der Waals surface area (Å²) in [7, 11) is 0. The van der Waals surface area contributed by atoms with Crippen molar-refractivity contribution in [3.8, 4) is 11.5 Å². The van der Waals surface area contributed by atoms with Crippen LogP contribution in [0.1, 0.15) is 43.2 Å². The van der Waals surface area contributed by atoms with Crippen LogP contribution in [0, 0.1) is 0 Å². The van der Waals surface area contributed by atoms with E-state index in [4.69, 9.17) is 22.2 Å². The highest BCUT2D eigenvalue weighted by molar-refractivity contribution is 8.02. The summed E-state index contributed by atoms with van der Waals surface area (Å²) in [6.07, 6.45) is 1.95. The number of hydrogen-bond donors (Lipinski definition) is 7. The lowest BCUT2D eigenvalue weighted by Gasteiger charge is -2.55. The van der Waals surface area contributed by atoms with E-state index in [0.29, 0.717) is 0 Å². The zero-order chi connectivity index (χ0) is 39.0. The van der Waals surface area contributed by atoms with Crippen LogP contribution in [0.4, 0.5) is 9.93 Å². The monoisotopic (exact) mass is 794 g/mol. The van der Waals surface area contributed by atoms with Crippen LogP contribution in [-0.4, -0.2) is 135 Å². The number of β-lactam (4-membered cyclic amide) rings is 1. The number of thioether (sulfide) groups is 1. The Kier molecular flexibility index (Phi) is 10.7. The van der Waals surface area contributed by atoms with E-state index < -0.39 is 85.9 Å². The van der Waals surface area contributed by atoms with Gasteiger partial charge in [-0.1, -0.05) is 28.5 Å². The summed E-state index contributed by atoms with van der Waals surface area (Å²) in [5, 5.41) is 54.2. The largest absolute Gasteiger partial charge is 0.504 e. The fourth-order valence-corrected chi connectivity index (χ4v) is 7.89. The number of carbonyl (C=O) groups is 6. The summed E-state index contributed by atoms with van der Waals surface area (Å²) in [5.41, 5.74) is 5.30. The molecule has 3 fully saturated rings. The van der Waals surface area contributed by atoms with Gasteiger partial charge in [0.2, 0.25) is 11.5 Å². The van der Waals surface area contributed by atoms with Crippen molar-refractivity contribution in [2.75, 3.05) is 18.8 Å². The quantitative estimate of drug-likeness (QED) is 0.0665. The lowest BCUT2D eigenvalue weighted by Crippen LogP contribution is -2.75. The molecule has 5 amide bonds. The number of nitrogen functional groups attached to an aromatic ring is 1. The summed E-state index contributed by atoms with van der Waals surface area (Å²) >= 11 is 7.63. The molecule has 4 atom stereocenters. The van der Waals surface area contributed by atoms with Gasteiger partial charge in [-0.15, -0.1) is 11.3 Å². The number of aromatic nitrogens is 1. The van der Waals surface area contributed by atoms with E-state index >= 15 is 0 Å². The smallest absolute Gasteiger partial charge is 0.350 e. The first-order valence-corrected chi connectivity index (χ1v) is 17.4. The number of phenols is 2. The molecule has 0 spiro atoms. The second kappa shape index (κ2) is 14.7. The van der Waals surface area contributed by atoms with Crippen molar-refractivity contribution in [2.24, 2.45) is 15.4 Å². The van der Waals surface area contributed by atoms with E-state index in [-0.39, 0.29) is 35.9 Å². The standard InChI is InChI=1S/C29H31ClN10O11S2/c1-12-10-39(33-8-7-32-36-20(43)13-4-5-15(41)19(42)16(13)30)27(50)40(12)29(25(48)49)6-9-38-22(45)18(23(38)53-29)35-21(44)17(14-11-52-26(31)34-14)37-51-28(2,3)24(46)47/h4-5,7-8,11-12,18,23,41-42H,6,9-10H2,1-3H3,(H2,31,34)(H,35,44)(H,36,43)(H,46,47)(H,48,49)/b32-7+,33-8+,37-17-/t12-,18+,23+,29+/m0/s1. The molecule has 0 radical (unpaired) electrons. The molecule has 53 heavy (non-hydrogen) atoms. The van der Waals surface area contributed by atoms with Crippen LogP contribution < -0.4 is 16.5 Å². The molecule has 1 aromatic carbocycles. The van der Waals surface area contributed by atoms with Crippen LogP contribution in [-0.2, 0) is 24.0 Å². The number of benzene rings is 1. The first-order valence-electron chi connectivity index (χ1n) is 15.3. The highest BCUT2D eigenvalue weighted by Crippen LogP contribution is 2.49. The van der Waals surface area contributed by atoms with Crippen molar-refractivity contribution in [1.82, 2.24) is 30.5 Å². The Morgan fingerprint density at radius 1 is 1.19 bits per heavy atom. The molecule has 4 heterocycles. The van der Waals surface area contributed by atoms with Gasteiger partial charge in [-0.25, -0.2) is 29.8 Å². The van der Waals surface area contributed by atoms with Crippen LogP contribution >= 0.6 is 34.7 Å². The topological polar surface area (TPSA) is 302 Å². The molecule has 1 aromatic heterocycles. The molecule has 5 rings (SSSR count). The number of thiazole rings is 1. The summed E-state index contributed by atoms with van der Waals surface area (Å²) in [4.78, 5) is 86.8. The lowest BCUT2D eigenvalue weighted by atomic mass is 10.0. The van der Waals surface area contributed by atoms with Crippen LogP contribution in [0.2, 0.25) is 5.02 Å². The Morgan fingerprint density at radius 3 is 2.55 bits per heavy atom. The minimum Gasteiger partial charge on any atom is -0.504 e. The summed E-state index contributed by atoms with van der Waals surface area (Å²) < 4.78 is 0. The number of hydrazone groups is 2. The lowest BCUT2D eigenvalue weighted by molar-refractivity contribution is -0.161. The van der Waals surface area contributed by atoms with Crippen molar-refractivity contribution in [1.29, 1.82) is 0 Å². The Labute approximate surface area is 312 Å². The van der Waals surface area contributed by atoms with E-state index in [9.17, 15) is 49.2 Å². The zero-order valence-electron chi connectivity index (χ0n) is 27.8. The molecular formula is C29H31ClN10O11S2. The Balaban J connectivity index is 1.28. The van der Waals surface area contributed by atoms with E-state index in [1.54, 1.807) is 6.92 Å². The van der Waals surface area contributed by atoms with E-state index in [1.807, 2.05) is 0 Å². The third kappa shape index (κ3) is 7.34. The second-order valence-electron chi connectivity index (χ2n) is 12.1. The SMILES string of the molecule is C[C@H]1CN(/N=C/C=N/NC(=O)c2ccc(O)c(O)c2Cl)C(=O)N1[C@]1(C(=O)O)CCN2C(=O)[C@@H](NC(=O)/C(=N\OC(C)(C)C(=O)O)c3csc(N)n3)[C@H]2S1. The number of aromatic hydroxyl groups is 2. The number of carboxylic acids is 2. The van der Waals surface area contributed by atoms with Gasteiger partial charge in [-0.3, -0.25) is 19.3 Å². The number of aliphatic carboxylic acids is 2. The van der Waals surface area contributed by atoms with Gasteiger partial charge in [0.1, 0.15) is 17.1 Å². The molecule has 3 aliphatic rings. The molecule has 0 aliphatic carbocycles. The molecule has 2 aromatic rings. The minimum atomic E-state index is -1.89. The molecule has 3 saturated heterocycles. The molecule has 3 aliphatic heterocycles. The van der Waals surface area contributed by atoms with Crippen LogP contribution in [0.15, 0.2) is 32.9 Å². The fourth-order valence-electron chi connectivity index (χ4n) is 5.36. The molecule has 21 nitrogen and oxygen atoms in total. The van der Waals surface area contributed by atoms with Gasteiger partial charge >= 0.3 is 18.0 Å². The average molecular weight is 795 g/mol. The molecule has 0 unspecified atom stereocenters. The number of nitrogens with one attached hydrogen (secondary N) is 2. The predicted octanol–water partition coefficient (Wildman–Crippen LogP) is 0.472. The third-order valence-electron chi connectivity index (χ3n) is 8.18.